The first kappa shape index (κ1) is 14.3. The van der Waals surface area contributed by atoms with E-state index in [1.165, 1.54) is 12.6 Å². The number of hydrogen-bond acceptors (Lipinski definition) is 5. The molecule has 1 amide bonds. The number of amides is 1. The van der Waals surface area contributed by atoms with Crippen LogP contribution in [0.2, 0.25) is 0 Å². The van der Waals surface area contributed by atoms with Gasteiger partial charge in [0.15, 0.2) is 0 Å². The van der Waals surface area contributed by atoms with E-state index in [2.05, 4.69) is 15.4 Å². The second-order valence-electron chi connectivity index (χ2n) is 4.67. The standard InChI is InChI=1S/C14H19N3O3/c18-13-7-3-2-6-12(13)10-15-16-14(19)20-11-17-8-4-1-5-9-17/h2-3,6-7,10,18H,1,4-5,8-9,11H2,(H,16,19)/b15-10-. The number of hydrogen-bond donors (Lipinski definition) is 2. The number of aromatic hydroxyl groups is 1. The number of hydrazone groups is 1. The fraction of sp³-hybridized carbons (Fsp3) is 0.429. The Labute approximate surface area is 118 Å². The van der Waals surface area contributed by atoms with E-state index in [1.807, 2.05) is 0 Å². The minimum absolute atomic E-state index is 0.111. The Bertz CT molecular complexity index is 470. The van der Waals surface area contributed by atoms with Crippen LogP contribution in [0.4, 0.5) is 4.79 Å². The molecule has 2 rings (SSSR count). The van der Waals surface area contributed by atoms with E-state index >= 15 is 0 Å². The first-order valence-corrected chi connectivity index (χ1v) is 6.72. The third-order valence-electron chi connectivity index (χ3n) is 3.12. The van der Waals surface area contributed by atoms with Crippen molar-refractivity contribution in [3.8, 4) is 5.75 Å². The van der Waals surface area contributed by atoms with Crippen LogP contribution in [0.15, 0.2) is 29.4 Å². The van der Waals surface area contributed by atoms with Crippen molar-refractivity contribution < 1.29 is 14.6 Å². The number of phenolic OH excluding ortho intramolecular Hbond substituents is 1. The van der Waals surface area contributed by atoms with Crippen LogP contribution in [0, 0.1) is 0 Å². The van der Waals surface area contributed by atoms with E-state index in [0.29, 0.717) is 5.56 Å². The van der Waals surface area contributed by atoms with Crippen LogP contribution in [0.25, 0.3) is 0 Å². The summed E-state index contributed by atoms with van der Waals surface area (Å²) < 4.78 is 5.05. The molecular formula is C14H19N3O3. The minimum Gasteiger partial charge on any atom is -0.507 e. The summed E-state index contributed by atoms with van der Waals surface area (Å²) >= 11 is 0. The van der Waals surface area contributed by atoms with Crippen LogP contribution in [0.5, 0.6) is 5.75 Å². The van der Waals surface area contributed by atoms with Crippen molar-refractivity contribution in [1.82, 2.24) is 10.3 Å². The van der Waals surface area contributed by atoms with Gasteiger partial charge in [-0.1, -0.05) is 18.6 Å². The number of benzene rings is 1. The lowest BCUT2D eigenvalue weighted by Gasteiger charge is -2.25. The van der Waals surface area contributed by atoms with Gasteiger partial charge in [-0.3, -0.25) is 4.90 Å². The Morgan fingerprint density at radius 2 is 2.10 bits per heavy atom. The summed E-state index contributed by atoms with van der Waals surface area (Å²) in [6.07, 6.45) is 4.32. The Morgan fingerprint density at radius 1 is 1.35 bits per heavy atom. The van der Waals surface area contributed by atoms with Gasteiger partial charge in [0.1, 0.15) is 12.5 Å². The Hall–Kier alpha value is -2.08. The smallest absolute Gasteiger partial charge is 0.429 e. The lowest BCUT2D eigenvalue weighted by Crippen LogP contribution is -2.34. The summed E-state index contributed by atoms with van der Waals surface area (Å²) in [4.78, 5) is 13.5. The average molecular weight is 277 g/mol. The molecule has 108 valence electrons. The lowest BCUT2D eigenvalue weighted by atomic mass is 10.1. The fourth-order valence-corrected chi connectivity index (χ4v) is 2.02. The van der Waals surface area contributed by atoms with Crippen molar-refractivity contribution in [3.05, 3.63) is 29.8 Å². The number of carbonyl (C=O) groups is 1. The molecule has 0 radical (unpaired) electrons. The van der Waals surface area contributed by atoms with Gasteiger partial charge < -0.3 is 9.84 Å². The number of phenols is 1. The van der Waals surface area contributed by atoms with E-state index in [-0.39, 0.29) is 12.5 Å². The summed E-state index contributed by atoms with van der Waals surface area (Å²) in [7, 11) is 0. The van der Waals surface area contributed by atoms with Crippen molar-refractivity contribution in [1.29, 1.82) is 0 Å². The SMILES string of the molecule is O=C(N/N=C\c1ccccc1O)OCN1CCCCC1. The number of rotatable bonds is 4. The Balaban J connectivity index is 1.70. The second kappa shape index (κ2) is 7.49. The van der Waals surface area contributed by atoms with Crippen LogP contribution in [-0.4, -0.2) is 42.1 Å². The first-order valence-electron chi connectivity index (χ1n) is 6.72. The molecule has 2 N–H and O–H groups in total. The summed E-state index contributed by atoms with van der Waals surface area (Å²) in [5.41, 5.74) is 2.80. The maximum Gasteiger partial charge on any atom is 0.429 e. The summed E-state index contributed by atoms with van der Waals surface area (Å²) in [6, 6.07) is 6.73. The normalized spacial score (nSPS) is 16.2. The highest BCUT2D eigenvalue weighted by atomic mass is 16.6. The predicted molar refractivity (Wildman–Crippen MR) is 75.6 cm³/mol. The topological polar surface area (TPSA) is 74.2 Å². The van der Waals surface area contributed by atoms with Crippen LogP contribution in [0.3, 0.4) is 0 Å². The van der Waals surface area contributed by atoms with Crippen LogP contribution in [-0.2, 0) is 4.74 Å². The molecule has 1 aromatic rings. The van der Waals surface area contributed by atoms with Gasteiger partial charge >= 0.3 is 6.09 Å². The molecule has 0 saturated carbocycles. The Morgan fingerprint density at radius 3 is 2.85 bits per heavy atom. The number of piperidine rings is 1. The monoisotopic (exact) mass is 277 g/mol. The molecule has 1 fully saturated rings. The van der Waals surface area contributed by atoms with E-state index in [9.17, 15) is 9.90 Å². The van der Waals surface area contributed by atoms with Crippen LogP contribution < -0.4 is 5.43 Å². The summed E-state index contributed by atoms with van der Waals surface area (Å²) in [5, 5.41) is 13.2. The fourth-order valence-electron chi connectivity index (χ4n) is 2.02. The van der Waals surface area contributed by atoms with Crippen LogP contribution >= 0.6 is 0 Å². The van der Waals surface area contributed by atoms with E-state index in [1.54, 1.807) is 24.3 Å². The molecule has 1 aromatic carbocycles. The maximum atomic E-state index is 11.4. The van der Waals surface area contributed by atoms with Gasteiger partial charge in [-0.2, -0.15) is 5.10 Å². The molecule has 0 bridgehead atoms. The van der Waals surface area contributed by atoms with Crippen molar-refractivity contribution in [2.45, 2.75) is 19.3 Å². The molecule has 0 unspecified atom stereocenters. The zero-order valence-electron chi connectivity index (χ0n) is 11.3. The number of carbonyl (C=O) groups excluding carboxylic acids is 1. The molecule has 0 spiro atoms. The molecular weight excluding hydrogens is 258 g/mol. The van der Waals surface area contributed by atoms with E-state index < -0.39 is 6.09 Å². The van der Waals surface area contributed by atoms with Crippen molar-refractivity contribution in [2.24, 2.45) is 5.10 Å². The van der Waals surface area contributed by atoms with Gasteiger partial charge in [0.25, 0.3) is 0 Å². The first-order chi connectivity index (χ1) is 9.75. The van der Waals surface area contributed by atoms with Crippen LogP contribution in [0.1, 0.15) is 24.8 Å². The molecule has 0 aliphatic carbocycles. The molecule has 0 atom stereocenters. The number of nitrogens with zero attached hydrogens (tertiary/aromatic N) is 2. The predicted octanol–water partition coefficient (Wildman–Crippen LogP) is 1.90. The molecule has 0 aromatic heterocycles. The molecule has 20 heavy (non-hydrogen) atoms. The molecule has 6 heteroatoms. The molecule has 1 aliphatic rings. The number of ether oxygens (including phenoxy) is 1. The molecule has 6 nitrogen and oxygen atoms in total. The largest absolute Gasteiger partial charge is 0.507 e. The number of nitrogens with one attached hydrogen (secondary N) is 1. The lowest BCUT2D eigenvalue weighted by molar-refractivity contribution is 0.0582. The minimum atomic E-state index is -0.595. The van der Waals surface area contributed by atoms with Crippen molar-refractivity contribution in [3.63, 3.8) is 0 Å². The van der Waals surface area contributed by atoms with Gasteiger partial charge in [0, 0.05) is 18.7 Å². The van der Waals surface area contributed by atoms with Gasteiger partial charge in [0.05, 0.1) is 6.21 Å². The van der Waals surface area contributed by atoms with Gasteiger partial charge in [0.2, 0.25) is 0 Å². The average Bonchev–Trinajstić information content (AvgIpc) is 2.48. The number of para-hydroxylation sites is 1. The highest BCUT2D eigenvalue weighted by Gasteiger charge is 2.11. The van der Waals surface area contributed by atoms with Crippen molar-refractivity contribution >= 4 is 12.3 Å². The maximum absolute atomic E-state index is 11.4. The van der Waals surface area contributed by atoms with Gasteiger partial charge in [-0.15, -0.1) is 0 Å². The zero-order valence-corrected chi connectivity index (χ0v) is 11.3. The second-order valence-corrected chi connectivity index (χ2v) is 4.67. The third-order valence-corrected chi connectivity index (χ3v) is 3.12. The van der Waals surface area contributed by atoms with Gasteiger partial charge in [-0.05, 0) is 25.0 Å². The van der Waals surface area contributed by atoms with E-state index in [0.717, 1.165) is 25.9 Å². The Kier molecular flexibility index (Phi) is 5.37. The molecule has 1 aliphatic heterocycles. The molecule has 1 heterocycles. The summed E-state index contributed by atoms with van der Waals surface area (Å²) in [6.45, 7) is 2.22. The highest BCUT2D eigenvalue weighted by molar-refractivity contribution is 5.84. The zero-order chi connectivity index (χ0) is 14.2. The highest BCUT2D eigenvalue weighted by Crippen LogP contribution is 2.12. The molecule has 1 saturated heterocycles. The third kappa shape index (κ3) is 4.55. The summed E-state index contributed by atoms with van der Waals surface area (Å²) in [5.74, 6) is 0.111. The van der Waals surface area contributed by atoms with Gasteiger partial charge in [-0.25, -0.2) is 10.2 Å². The van der Waals surface area contributed by atoms with E-state index in [4.69, 9.17) is 4.74 Å². The quantitative estimate of drug-likeness (QED) is 0.651. The number of likely N-dealkylation sites (tertiary alicyclic amines) is 1. The van der Waals surface area contributed by atoms with Crippen molar-refractivity contribution in [2.75, 3.05) is 19.8 Å².